The minimum Gasteiger partial charge on any atom is -0.282 e. The zero-order valence-electron chi connectivity index (χ0n) is 13.8. The second kappa shape index (κ2) is 5.96. The molecule has 1 unspecified atom stereocenters. The lowest BCUT2D eigenvalue weighted by molar-refractivity contribution is 0.0471. The van der Waals surface area contributed by atoms with E-state index in [9.17, 15) is 13.2 Å². The molecule has 7 heteroatoms. The summed E-state index contributed by atoms with van der Waals surface area (Å²) in [6.07, 6.45) is 4.57. The van der Waals surface area contributed by atoms with Crippen LogP contribution in [0, 0.1) is 13.8 Å². The summed E-state index contributed by atoms with van der Waals surface area (Å²) in [5.41, 5.74) is 3.70. The van der Waals surface area contributed by atoms with Gasteiger partial charge in [-0.25, -0.2) is 13.2 Å². The average Bonchev–Trinajstić information content (AvgIpc) is 3.09. The number of hydrogen-bond acceptors (Lipinski definition) is 2. The van der Waals surface area contributed by atoms with Crippen molar-refractivity contribution in [2.24, 2.45) is 0 Å². The number of alkyl halides is 3. The molecule has 1 atom stereocenters. The molecule has 0 aliphatic heterocycles. The lowest BCUT2D eigenvalue weighted by atomic mass is 9.91. The highest BCUT2D eigenvalue weighted by Crippen LogP contribution is 2.36. The summed E-state index contributed by atoms with van der Waals surface area (Å²) < 4.78 is 42.5. The molecule has 0 aromatic carbocycles. The third kappa shape index (κ3) is 3.16. The van der Waals surface area contributed by atoms with Crippen LogP contribution >= 0.6 is 0 Å². The van der Waals surface area contributed by atoms with E-state index in [2.05, 4.69) is 15.3 Å². The smallest absolute Gasteiger partial charge is 0.269 e. The van der Waals surface area contributed by atoms with Crippen LogP contribution in [-0.2, 0) is 6.54 Å². The van der Waals surface area contributed by atoms with Crippen LogP contribution in [0.4, 0.5) is 13.2 Å². The van der Waals surface area contributed by atoms with Gasteiger partial charge < -0.3 is 0 Å². The van der Waals surface area contributed by atoms with Crippen molar-refractivity contribution in [1.82, 2.24) is 20.0 Å². The summed E-state index contributed by atoms with van der Waals surface area (Å²) in [7, 11) is 0. The molecule has 4 nitrogen and oxygen atoms in total. The lowest BCUT2D eigenvalue weighted by Crippen LogP contribution is -2.24. The molecule has 3 rings (SSSR count). The maximum atomic E-state index is 13.8. The maximum absolute atomic E-state index is 13.8. The van der Waals surface area contributed by atoms with E-state index in [1.165, 1.54) is 6.08 Å². The molecule has 0 amide bonds. The van der Waals surface area contributed by atoms with Gasteiger partial charge in [0.15, 0.2) is 0 Å². The van der Waals surface area contributed by atoms with Crippen LogP contribution in [0.3, 0.4) is 0 Å². The number of aromatic amines is 1. The molecule has 0 saturated heterocycles. The number of nitrogens with one attached hydrogen (secondary N) is 1. The molecule has 2 aromatic heterocycles. The van der Waals surface area contributed by atoms with Crippen LogP contribution in [0.5, 0.6) is 0 Å². The fourth-order valence-electron chi connectivity index (χ4n) is 2.85. The molecule has 0 radical (unpaired) electrons. The highest BCUT2D eigenvalue weighted by atomic mass is 19.3. The Morgan fingerprint density at radius 2 is 2.12 bits per heavy atom. The first-order valence-electron chi connectivity index (χ1n) is 7.73. The van der Waals surface area contributed by atoms with Gasteiger partial charge in [-0.3, -0.25) is 9.78 Å². The molecule has 2 aromatic rings. The molecule has 1 aliphatic carbocycles. The van der Waals surface area contributed by atoms with Gasteiger partial charge in [-0.05, 0) is 25.5 Å². The average molecular weight is 336 g/mol. The fourth-order valence-corrected chi connectivity index (χ4v) is 2.85. The SMILES string of the molecule is Cc1n[nH]c(C)c1Cn1cc(C2=CCC(F)C(C(C)(F)F)=C2)cn1. The van der Waals surface area contributed by atoms with Crippen LogP contribution < -0.4 is 0 Å². The van der Waals surface area contributed by atoms with Crippen LogP contribution in [-0.4, -0.2) is 32.1 Å². The van der Waals surface area contributed by atoms with Crippen LogP contribution in [0.15, 0.2) is 30.1 Å². The van der Waals surface area contributed by atoms with Crippen LogP contribution in [0.2, 0.25) is 0 Å². The molecule has 128 valence electrons. The highest BCUT2D eigenvalue weighted by Gasteiger charge is 2.35. The normalized spacial score (nSPS) is 18.5. The Bertz CT molecular complexity index is 789. The Hall–Kier alpha value is -2.31. The van der Waals surface area contributed by atoms with E-state index < -0.39 is 17.7 Å². The van der Waals surface area contributed by atoms with Crippen molar-refractivity contribution < 1.29 is 13.2 Å². The highest BCUT2D eigenvalue weighted by molar-refractivity contribution is 5.75. The van der Waals surface area contributed by atoms with Crippen molar-refractivity contribution in [1.29, 1.82) is 0 Å². The number of aryl methyl sites for hydroxylation is 2. The van der Waals surface area contributed by atoms with Gasteiger partial charge >= 0.3 is 0 Å². The predicted octanol–water partition coefficient (Wildman–Crippen LogP) is 3.98. The van der Waals surface area contributed by atoms with Crippen molar-refractivity contribution in [2.45, 2.75) is 45.8 Å². The number of allylic oxidation sites excluding steroid dienone is 4. The Morgan fingerprint density at radius 1 is 1.38 bits per heavy atom. The van der Waals surface area contributed by atoms with Crippen molar-refractivity contribution in [3.63, 3.8) is 0 Å². The Balaban J connectivity index is 1.85. The summed E-state index contributed by atoms with van der Waals surface area (Å²) in [6.45, 7) is 5.10. The van der Waals surface area contributed by atoms with Crippen molar-refractivity contribution in [3.8, 4) is 0 Å². The van der Waals surface area contributed by atoms with E-state index in [4.69, 9.17) is 0 Å². The second-order valence-corrected chi connectivity index (χ2v) is 6.19. The van der Waals surface area contributed by atoms with Gasteiger partial charge in [0.1, 0.15) is 6.17 Å². The summed E-state index contributed by atoms with van der Waals surface area (Å²) in [6, 6.07) is 0. The zero-order valence-corrected chi connectivity index (χ0v) is 13.8. The third-order valence-electron chi connectivity index (χ3n) is 4.27. The number of hydrogen-bond donors (Lipinski definition) is 1. The van der Waals surface area contributed by atoms with E-state index in [1.807, 2.05) is 13.8 Å². The van der Waals surface area contributed by atoms with E-state index in [0.717, 1.165) is 23.9 Å². The zero-order chi connectivity index (χ0) is 17.5. The number of aromatic nitrogens is 4. The molecule has 0 bridgehead atoms. The Morgan fingerprint density at radius 3 is 2.75 bits per heavy atom. The van der Waals surface area contributed by atoms with Gasteiger partial charge in [-0.1, -0.05) is 6.08 Å². The van der Waals surface area contributed by atoms with E-state index in [0.29, 0.717) is 17.7 Å². The van der Waals surface area contributed by atoms with Crippen LogP contribution in [0.1, 0.15) is 35.9 Å². The molecular formula is C17H19F3N4. The number of nitrogens with zero attached hydrogens (tertiary/aromatic N) is 3. The molecule has 0 saturated carbocycles. The van der Waals surface area contributed by atoms with E-state index in [-0.39, 0.29) is 6.42 Å². The van der Waals surface area contributed by atoms with Crippen molar-refractivity contribution in [2.75, 3.05) is 0 Å². The second-order valence-electron chi connectivity index (χ2n) is 6.19. The predicted molar refractivity (Wildman–Crippen MR) is 85.6 cm³/mol. The number of rotatable bonds is 4. The molecule has 1 aliphatic rings. The van der Waals surface area contributed by atoms with Gasteiger partial charge in [0, 0.05) is 41.9 Å². The first-order chi connectivity index (χ1) is 11.3. The maximum Gasteiger partial charge on any atom is 0.269 e. The standard InChI is InChI=1S/C17H19F3N4/c1-10-14(11(2)23-22-10)9-24-8-13(7-21-24)12-4-5-16(18)15(6-12)17(3,19)20/h4,6-8,16H,5,9H2,1-3H3,(H,22,23). The fraction of sp³-hybridized carbons (Fsp3) is 0.412. The number of H-pyrrole nitrogens is 1. The Kier molecular flexibility index (Phi) is 4.11. The Labute approximate surface area is 138 Å². The first-order valence-corrected chi connectivity index (χ1v) is 7.73. The largest absolute Gasteiger partial charge is 0.282 e. The molecule has 0 fully saturated rings. The quantitative estimate of drug-likeness (QED) is 0.918. The first kappa shape index (κ1) is 16.5. The monoisotopic (exact) mass is 336 g/mol. The van der Waals surface area contributed by atoms with E-state index >= 15 is 0 Å². The molecule has 1 N–H and O–H groups in total. The summed E-state index contributed by atoms with van der Waals surface area (Å²) in [4.78, 5) is 0. The van der Waals surface area contributed by atoms with Crippen LogP contribution in [0.25, 0.3) is 5.57 Å². The van der Waals surface area contributed by atoms with E-state index in [1.54, 1.807) is 23.2 Å². The van der Waals surface area contributed by atoms with Gasteiger partial charge in [0.2, 0.25) is 0 Å². The van der Waals surface area contributed by atoms with Gasteiger partial charge in [-0.15, -0.1) is 0 Å². The summed E-state index contributed by atoms with van der Waals surface area (Å²) in [5, 5.41) is 11.3. The van der Waals surface area contributed by atoms with Crippen molar-refractivity contribution >= 4 is 5.57 Å². The summed E-state index contributed by atoms with van der Waals surface area (Å²) in [5.74, 6) is -3.17. The third-order valence-corrected chi connectivity index (χ3v) is 4.27. The van der Waals surface area contributed by atoms with Gasteiger partial charge in [0.05, 0.1) is 18.4 Å². The summed E-state index contributed by atoms with van der Waals surface area (Å²) >= 11 is 0. The minimum atomic E-state index is -3.17. The molecule has 0 spiro atoms. The topological polar surface area (TPSA) is 46.5 Å². The molecular weight excluding hydrogens is 317 g/mol. The number of halogens is 3. The minimum absolute atomic E-state index is 0.0459. The van der Waals surface area contributed by atoms with Gasteiger partial charge in [0.25, 0.3) is 5.92 Å². The van der Waals surface area contributed by atoms with Crippen molar-refractivity contribution in [3.05, 3.63) is 52.6 Å². The molecule has 2 heterocycles. The van der Waals surface area contributed by atoms with Gasteiger partial charge in [-0.2, -0.15) is 10.2 Å². The lowest BCUT2D eigenvalue weighted by Gasteiger charge is -2.22. The molecule has 24 heavy (non-hydrogen) atoms.